The van der Waals surface area contributed by atoms with E-state index in [1.165, 1.54) is 0 Å². The molecular weight excluding hydrogens is 200 g/mol. The zero-order chi connectivity index (χ0) is 10.1. The van der Waals surface area contributed by atoms with Crippen LogP contribution in [0.1, 0.15) is 13.3 Å². The fourth-order valence-corrected chi connectivity index (χ4v) is 1.58. The Morgan fingerprint density at radius 2 is 2.36 bits per heavy atom. The molecule has 2 aromatic rings. The van der Waals surface area contributed by atoms with Crippen molar-refractivity contribution in [2.75, 3.05) is 0 Å². The van der Waals surface area contributed by atoms with Crippen LogP contribution in [-0.4, -0.2) is 19.5 Å². The van der Waals surface area contributed by atoms with E-state index in [9.17, 15) is 4.79 Å². The molecule has 0 fully saturated rings. The van der Waals surface area contributed by atoms with Crippen molar-refractivity contribution in [2.24, 2.45) is 0 Å². The second-order valence-corrected chi connectivity index (χ2v) is 3.45. The third kappa shape index (κ3) is 1.37. The molecule has 0 saturated carbocycles. The molecule has 0 amide bonds. The first kappa shape index (κ1) is 9.14. The molecule has 2 N–H and O–H groups in total. The predicted octanol–water partition coefficient (Wildman–Crippen LogP) is 1.19. The number of rotatable bonds is 2. The number of fused-ring (bicyclic) bond motifs is 1. The Balaban J connectivity index is 2.79. The maximum atomic E-state index is 11.4. The summed E-state index contributed by atoms with van der Waals surface area (Å²) in [6.07, 6.45) is 2.63. The second kappa shape index (κ2) is 3.38. The van der Waals surface area contributed by atoms with Crippen LogP contribution < -0.4 is 5.56 Å². The van der Waals surface area contributed by atoms with Crippen LogP contribution in [0.2, 0.25) is 0 Å². The number of hydrogen-bond acceptors (Lipinski definition) is 3. The Hall–Kier alpha value is -1.43. The van der Waals surface area contributed by atoms with Gasteiger partial charge >= 0.3 is 0 Å². The highest BCUT2D eigenvalue weighted by molar-refractivity contribution is 7.71. The van der Waals surface area contributed by atoms with E-state index in [0.29, 0.717) is 15.9 Å². The lowest BCUT2D eigenvalue weighted by Gasteiger charge is -1.99. The standard InChI is InChI=1S/C8H10N4OS/c1-2-3-12-4-9-5-6(12)10-8(14)11-7(5)13/h4H,2-3H2,1H3,(H2,10,11,13,14). The van der Waals surface area contributed by atoms with Crippen LogP contribution in [-0.2, 0) is 6.54 Å². The molecule has 2 aromatic heterocycles. The van der Waals surface area contributed by atoms with Crippen LogP contribution in [0.4, 0.5) is 0 Å². The van der Waals surface area contributed by atoms with Gasteiger partial charge in [0, 0.05) is 6.54 Å². The van der Waals surface area contributed by atoms with Crippen molar-refractivity contribution in [3.8, 4) is 0 Å². The lowest BCUT2D eigenvalue weighted by atomic mass is 10.4. The Bertz CT molecular complexity index is 564. The van der Waals surface area contributed by atoms with Crippen molar-refractivity contribution >= 4 is 23.4 Å². The first-order valence-corrected chi connectivity index (χ1v) is 4.80. The summed E-state index contributed by atoms with van der Waals surface area (Å²) in [7, 11) is 0. The van der Waals surface area contributed by atoms with Gasteiger partial charge in [-0.1, -0.05) is 6.92 Å². The highest BCUT2D eigenvalue weighted by Crippen LogP contribution is 2.04. The molecule has 0 aliphatic rings. The van der Waals surface area contributed by atoms with Crippen LogP contribution in [0.15, 0.2) is 11.1 Å². The largest absolute Gasteiger partial charge is 0.317 e. The Labute approximate surface area is 84.8 Å². The van der Waals surface area contributed by atoms with Crippen molar-refractivity contribution in [1.29, 1.82) is 0 Å². The smallest absolute Gasteiger partial charge is 0.279 e. The molecule has 0 radical (unpaired) electrons. The van der Waals surface area contributed by atoms with Crippen molar-refractivity contribution in [3.05, 3.63) is 21.5 Å². The van der Waals surface area contributed by atoms with Crippen LogP contribution >= 0.6 is 12.2 Å². The van der Waals surface area contributed by atoms with E-state index in [-0.39, 0.29) is 5.56 Å². The quantitative estimate of drug-likeness (QED) is 0.732. The fourth-order valence-electron chi connectivity index (χ4n) is 1.39. The summed E-state index contributed by atoms with van der Waals surface area (Å²) in [6, 6.07) is 0. The van der Waals surface area contributed by atoms with Gasteiger partial charge in [0.25, 0.3) is 5.56 Å². The van der Waals surface area contributed by atoms with Crippen LogP contribution in [0.5, 0.6) is 0 Å². The molecule has 0 atom stereocenters. The number of imidazole rings is 1. The van der Waals surface area contributed by atoms with Gasteiger partial charge in [0.1, 0.15) is 5.65 Å². The molecule has 0 aliphatic carbocycles. The molecule has 0 saturated heterocycles. The summed E-state index contributed by atoms with van der Waals surface area (Å²) in [5.41, 5.74) is 0.867. The normalized spacial score (nSPS) is 10.9. The Morgan fingerprint density at radius 3 is 3.07 bits per heavy atom. The van der Waals surface area contributed by atoms with Gasteiger partial charge in [-0.15, -0.1) is 0 Å². The summed E-state index contributed by atoms with van der Waals surface area (Å²) in [5.74, 6) is 0. The summed E-state index contributed by atoms with van der Waals surface area (Å²) in [6.45, 7) is 2.89. The topological polar surface area (TPSA) is 66.5 Å². The second-order valence-electron chi connectivity index (χ2n) is 3.04. The van der Waals surface area contributed by atoms with E-state index in [0.717, 1.165) is 13.0 Å². The lowest BCUT2D eigenvalue weighted by molar-refractivity contribution is 0.690. The van der Waals surface area contributed by atoms with Gasteiger partial charge < -0.3 is 9.55 Å². The molecule has 5 nitrogen and oxygen atoms in total. The molecule has 2 heterocycles. The fraction of sp³-hybridized carbons (Fsp3) is 0.375. The third-order valence-electron chi connectivity index (χ3n) is 1.98. The molecule has 0 unspecified atom stereocenters. The average molecular weight is 210 g/mol. The number of aromatic amines is 2. The summed E-state index contributed by atoms with van der Waals surface area (Å²) in [5, 5.41) is 0. The third-order valence-corrected chi connectivity index (χ3v) is 2.18. The highest BCUT2D eigenvalue weighted by Gasteiger charge is 2.05. The maximum Gasteiger partial charge on any atom is 0.279 e. The zero-order valence-electron chi connectivity index (χ0n) is 7.70. The Morgan fingerprint density at radius 1 is 1.57 bits per heavy atom. The van der Waals surface area contributed by atoms with Crippen LogP contribution in [0.3, 0.4) is 0 Å². The van der Waals surface area contributed by atoms with E-state index in [1.807, 2.05) is 4.57 Å². The highest BCUT2D eigenvalue weighted by atomic mass is 32.1. The predicted molar refractivity (Wildman–Crippen MR) is 55.8 cm³/mol. The molecule has 14 heavy (non-hydrogen) atoms. The van der Waals surface area contributed by atoms with Gasteiger partial charge in [-0.25, -0.2) is 4.98 Å². The molecular formula is C8H10N4OS. The van der Waals surface area contributed by atoms with E-state index in [2.05, 4.69) is 21.9 Å². The molecule has 0 bridgehead atoms. The first-order valence-electron chi connectivity index (χ1n) is 4.40. The minimum Gasteiger partial charge on any atom is -0.317 e. The average Bonchev–Trinajstić information content (AvgIpc) is 2.49. The zero-order valence-corrected chi connectivity index (χ0v) is 8.52. The van der Waals surface area contributed by atoms with Crippen molar-refractivity contribution in [2.45, 2.75) is 19.9 Å². The van der Waals surface area contributed by atoms with Crippen molar-refractivity contribution in [3.63, 3.8) is 0 Å². The van der Waals surface area contributed by atoms with E-state index in [1.54, 1.807) is 6.33 Å². The number of nitrogens with zero attached hydrogens (tertiary/aromatic N) is 2. The van der Waals surface area contributed by atoms with E-state index < -0.39 is 0 Å². The molecule has 0 spiro atoms. The van der Waals surface area contributed by atoms with Gasteiger partial charge in [0.15, 0.2) is 10.3 Å². The first-order chi connectivity index (χ1) is 6.72. The summed E-state index contributed by atoms with van der Waals surface area (Å²) < 4.78 is 2.22. The van der Waals surface area contributed by atoms with Crippen molar-refractivity contribution in [1.82, 2.24) is 19.5 Å². The lowest BCUT2D eigenvalue weighted by Crippen LogP contribution is -2.09. The summed E-state index contributed by atoms with van der Waals surface area (Å²) in [4.78, 5) is 20.8. The number of aryl methyl sites for hydroxylation is 1. The van der Waals surface area contributed by atoms with Crippen LogP contribution in [0.25, 0.3) is 11.2 Å². The van der Waals surface area contributed by atoms with Gasteiger partial charge in [-0.05, 0) is 18.6 Å². The Kier molecular flexibility index (Phi) is 2.20. The van der Waals surface area contributed by atoms with Gasteiger partial charge in [-0.2, -0.15) is 0 Å². The molecule has 0 aromatic carbocycles. The SMILES string of the molecule is CCCn1cnc2c(=O)[nH]c(=S)[nH]c21. The van der Waals surface area contributed by atoms with E-state index in [4.69, 9.17) is 12.2 Å². The number of nitrogens with one attached hydrogen (secondary N) is 2. The number of H-pyrrole nitrogens is 2. The molecule has 74 valence electrons. The van der Waals surface area contributed by atoms with Gasteiger partial charge in [0.2, 0.25) is 0 Å². The molecule has 0 aliphatic heterocycles. The molecule has 6 heteroatoms. The van der Waals surface area contributed by atoms with Gasteiger partial charge in [-0.3, -0.25) is 9.78 Å². The van der Waals surface area contributed by atoms with Gasteiger partial charge in [0.05, 0.1) is 6.33 Å². The monoisotopic (exact) mass is 210 g/mol. The minimum atomic E-state index is -0.237. The minimum absolute atomic E-state index is 0.237. The number of hydrogen-bond donors (Lipinski definition) is 2. The van der Waals surface area contributed by atoms with E-state index >= 15 is 0 Å². The molecule has 2 rings (SSSR count). The number of aromatic nitrogens is 4. The van der Waals surface area contributed by atoms with Crippen LogP contribution in [0, 0.1) is 4.77 Å². The van der Waals surface area contributed by atoms with Crippen molar-refractivity contribution < 1.29 is 0 Å². The maximum absolute atomic E-state index is 11.4. The summed E-state index contributed by atoms with van der Waals surface area (Å²) >= 11 is 4.88.